The molecule has 1 aliphatic rings. The van der Waals surface area contributed by atoms with Crippen molar-refractivity contribution in [2.24, 2.45) is 0 Å². The fourth-order valence-corrected chi connectivity index (χ4v) is 2.61. The van der Waals surface area contributed by atoms with Crippen molar-refractivity contribution in [3.63, 3.8) is 0 Å². The van der Waals surface area contributed by atoms with Gasteiger partial charge in [-0.15, -0.1) is 0 Å². The summed E-state index contributed by atoms with van der Waals surface area (Å²) in [5.41, 5.74) is 3.20. The summed E-state index contributed by atoms with van der Waals surface area (Å²) in [6.07, 6.45) is 3.90. The number of benzene rings is 1. The quantitative estimate of drug-likeness (QED) is 0.854. The molecule has 4 nitrogen and oxygen atoms in total. The van der Waals surface area contributed by atoms with E-state index in [0.29, 0.717) is 6.42 Å². The van der Waals surface area contributed by atoms with Crippen LogP contribution in [0.25, 0.3) is 0 Å². The molecule has 0 saturated heterocycles. The second-order valence-electron chi connectivity index (χ2n) is 5.07. The Hall–Kier alpha value is -2.23. The zero-order valence-electron chi connectivity index (χ0n) is 11.5. The topological polar surface area (TPSA) is 46.1 Å². The maximum absolute atomic E-state index is 12.1. The number of anilines is 1. The first-order valence-corrected chi connectivity index (χ1v) is 6.90. The van der Waals surface area contributed by atoms with E-state index in [0.717, 1.165) is 36.5 Å². The number of carbonyl (C=O) groups excluding carboxylic acids is 1. The van der Waals surface area contributed by atoms with Crippen molar-refractivity contribution in [3.05, 3.63) is 53.5 Å². The van der Waals surface area contributed by atoms with Crippen LogP contribution in [0.5, 0.6) is 0 Å². The van der Waals surface area contributed by atoms with E-state index in [2.05, 4.69) is 22.1 Å². The molecular weight excluding hydrogens is 250 g/mol. The van der Waals surface area contributed by atoms with E-state index in [-0.39, 0.29) is 5.91 Å². The molecule has 0 bridgehead atoms. The van der Waals surface area contributed by atoms with E-state index in [4.69, 9.17) is 0 Å². The Balaban J connectivity index is 1.67. The number of aromatic nitrogens is 2. The van der Waals surface area contributed by atoms with Crippen LogP contribution in [0.3, 0.4) is 0 Å². The summed E-state index contributed by atoms with van der Waals surface area (Å²) >= 11 is 0. The van der Waals surface area contributed by atoms with Crippen LogP contribution >= 0.6 is 0 Å². The number of fused-ring (bicyclic) bond motifs is 1. The normalized spacial score (nSPS) is 13.7. The Morgan fingerprint density at radius 3 is 2.80 bits per heavy atom. The molecule has 0 saturated carbocycles. The van der Waals surface area contributed by atoms with Crippen molar-refractivity contribution >= 4 is 11.7 Å². The van der Waals surface area contributed by atoms with Crippen molar-refractivity contribution in [2.45, 2.75) is 26.2 Å². The van der Waals surface area contributed by atoms with Crippen LogP contribution in [0.15, 0.2) is 36.7 Å². The van der Waals surface area contributed by atoms with E-state index in [1.807, 2.05) is 25.1 Å². The van der Waals surface area contributed by atoms with Crippen LogP contribution in [0, 0.1) is 6.92 Å². The highest BCUT2D eigenvalue weighted by Gasteiger charge is 2.29. The number of hydrogen-bond acceptors (Lipinski definition) is 3. The third kappa shape index (κ3) is 2.41. The highest BCUT2D eigenvalue weighted by atomic mass is 16.2. The van der Waals surface area contributed by atoms with Crippen LogP contribution in [-0.4, -0.2) is 22.4 Å². The second kappa shape index (κ2) is 5.41. The number of amides is 1. The first-order chi connectivity index (χ1) is 9.75. The van der Waals surface area contributed by atoms with Crippen molar-refractivity contribution in [1.29, 1.82) is 0 Å². The summed E-state index contributed by atoms with van der Waals surface area (Å²) in [5.74, 6) is 0.937. The summed E-state index contributed by atoms with van der Waals surface area (Å²) < 4.78 is 0. The van der Waals surface area contributed by atoms with Gasteiger partial charge in [0, 0.05) is 17.8 Å². The Bertz CT molecular complexity index is 625. The lowest BCUT2D eigenvalue weighted by molar-refractivity contribution is -0.117. The maximum atomic E-state index is 12.1. The minimum Gasteiger partial charge on any atom is -0.296 e. The van der Waals surface area contributed by atoms with E-state index in [9.17, 15) is 4.79 Å². The molecule has 0 N–H and O–H groups in total. The first-order valence-electron chi connectivity index (χ1n) is 6.90. The fourth-order valence-electron chi connectivity index (χ4n) is 2.61. The van der Waals surface area contributed by atoms with Gasteiger partial charge in [-0.25, -0.2) is 9.97 Å². The molecule has 3 rings (SSSR count). The lowest BCUT2D eigenvalue weighted by Crippen LogP contribution is -2.28. The van der Waals surface area contributed by atoms with Gasteiger partial charge in [0.25, 0.3) is 0 Å². The number of nitrogens with zero attached hydrogens (tertiary/aromatic N) is 3. The Labute approximate surface area is 118 Å². The Morgan fingerprint density at radius 2 is 2.00 bits per heavy atom. The van der Waals surface area contributed by atoms with Gasteiger partial charge in [-0.2, -0.15) is 0 Å². The minimum atomic E-state index is 0.136. The summed E-state index contributed by atoms with van der Waals surface area (Å²) in [6, 6.07) is 10.3. The Morgan fingerprint density at radius 1 is 1.20 bits per heavy atom. The predicted octanol–water partition coefficient (Wildman–Crippen LogP) is 2.31. The van der Waals surface area contributed by atoms with Crippen molar-refractivity contribution in [3.8, 4) is 0 Å². The highest BCUT2D eigenvalue weighted by Crippen LogP contribution is 2.27. The molecule has 0 fully saturated rings. The number of carbonyl (C=O) groups is 1. The summed E-state index contributed by atoms with van der Waals surface area (Å²) in [4.78, 5) is 22.3. The smallest absolute Gasteiger partial charge is 0.232 e. The van der Waals surface area contributed by atoms with Crippen LogP contribution in [0.2, 0.25) is 0 Å². The monoisotopic (exact) mass is 267 g/mol. The molecule has 0 atom stereocenters. The van der Waals surface area contributed by atoms with Gasteiger partial charge in [-0.1, -0.05) is 30.3 Å². The summed E-state index contributed by atoms with van der Waals surface area (Å²) in [5, 5.41) is 0. The van der Waals surface area contributed by atoms with Gasteiger partial charge in [-0.3, -0.25) is 9.69 Å². The third-order valence-electron chi connectivity index (χ3n) is 3.71. The van der Waals surface area contributed by atoms with Crippen LogP contribution < -0.4 is 4.90 Å². The predicted molar refractivity (Wildman–Crippen MR) is 77.6 cm³/mol. The lowest BCUT2D eigenvalue weighted by atomic mass is 10.1. The molecule has 20 heavy (non-hydrogen) atoms. The average molecular weight is 267 g/mol. The third-order valence-corrected chi connectivity index (χ3v) is 3.71. The molecule has 1 aliphatic heterocycles. The van der Waals surface area contributed by atoms with Gasteiger partial charge < -0.3 is 0 Å². The van der Waals surface area contributed by atoms with Crippen LogP contribution in [-0.2, 0) is 17.6 Å². The molecule has 1 amide bonds. The molecule has 1 aromatic carbocycles. The van der Waals surface area contributed by atoms with Crippen molar-refractivity contribution in [1.82, 2.24) is 9.97 Å². The van der Waals surface area contributed by atoms with Gasteiger partial charge in [0.1, 0.15) is 12.1 Å². The van der Waals surface area contributed by atoms with E-state index in [1.165, 1.54) is 11.9 Å². The minimum absolute atomic E-state index is 0.136. The highest BCUT2D eigenvalue weighted by molar-refractivity contribution is 6.00. The lowest BCUT2D eigenvalue weighted by Gasteiger charge is -2.16. The van der Waals surface area contributed by atoms with Crippen LogP contribution in [0.1, 0.15) is 23.2 Å². The SMILES string of the molecule is Cc1ncnc2c1CC(=O)N2CCCc1ccccc1. The van der Waals surface area contributed by atoms with E-state index in [1.54, 1.807) is 4.90 Å². The van der Waals surface area contributed by atoms with Gasteiger partial charge >= 0.3 is 0 Å². The molecular formula is C16H17N3O. The van der Waals surface area contributed by atoms with E-state index < -0.39 is 0 Å². The zero-order chi connectivity index (χ0) is 13.9. The second-order valence-corrected chi connectivity index (χ2v) is 5.07. The molecule has 4 heteroatoms. The van der Waals surface area contributed by atoms with Gasteiger partial charge in [0.05, 0.1) is 6.42 Å². The largest absolute Gasteiger partial charge is 0.296 e. The average Bonchev–Trinajstić information content (AvgIpc) is 2.78. The number of aryl methyl sites for hydroxylation is 2. The van der Waals surface area contributed by atoms with Gasteiger partial charge in [0.2, 0.25) is 5.91 Å². The molecule has 0 spiro atoms. The van der Waals surface area contributed by atoms with Crippen molar-refractivity contribution in [2.75, 3.05) is 11.4 Å². The maximum Gasteiger partial charge on any atom is 0.232 e. The molecule has 102 valence electrons. The molecule has 0 radical (unpaired) electrons. The van der Waals surface area contributed by atoms with Gasteiger partial charge in [-0.05, 0) is 25.3 Å². The van der Waals surface area contributed by atoms with E-state index >= 15 is 0 Å². The zero-order valence-corrected chi connectivity index (χ0v) is 11.5. The first kappa shape index (κ1) is 12.8. The molecule has 2 aromatic rings. The standard InChI is InChI=1S/C16H17N3O/c1-12-14-10-15(20)19(16(14)18-11-17-12)9-5-8-13-6-3-2-4-7-13/h2-4,6-7,11H,5,8-10H2,1H3. The Kier molecular flexibility index (Phi) is 3.46. The number of rotatable bonds is 4. The van der Waals surface area contributed by atoms with Crippen molar-refractivity contribution < 1.29 is 4.79 Å². The number of hydrogen-bond donors (Lipinski definition) is 0. The molecule has 0 aliphatic carbocycles. The fraction of sp³-hybridized carbons (Fsp3) is 0.312. The summed E-state index contributed by atoms with van der Waals surface area (Å²) in [7, 11) is 0. The molecule has 2 heterocycles. The molecule has 1 aromatic heterocycles. The van der Waals surface area contributed by atoms with Gasteiger partial charge in [0.15, 0.2) is 0 Å². The summed E-state index contributed by atoms with van der Waals surface area (Å²) in [6.45, 7) is 2.65. The molecule has 0 unspecified atom stereocenters. The van der Waals surface area contributed by atoms with Crippen LogP contribution in [0.4, 0.5) is 5.82 Å².